The van der Waals surface area contributed by atoms with Crippen LogP contribution in [0.4, 0.5) is 8.78 Å². The number of carbonyl (C=O) groups is 1. The summed E-state index contributed by atoms with van der Waals surface area (Å²) in [5.74, 6) is 0.919. The first-order valence-electron chi connectivity index (χ1n) is 8.15. The van der Waals surface area contributed by atoms with Crippen molar-refractivity contribution in [3.63, 3.8) is 0 Å². The highest BCUT2D eigenvalue weighted by Crippen LogP contribution is 2.18. The maximum Gasteiger partial charge on any atom is 0.305 e. The van der Waals surface area contributed by atoms with Crippen molar-refractivity contribution in [2.45, 2.75) is 83.3 Å². The lowest BCUT2D eigenvalue weighted by molar-refractivity contribution is -0.143. The third kappa shape index (κ3) is 14.4. The van der Waals surface area contributed by atoms with Gasteiger partial charge in [0.25, 0.3) is 0 Å². The molecule has 5 heteroatoms. The summed E-state index contributed by atoms with van der Waals surface area (Å²) in [4.78, 5) is 11.4. The van der Waals surface area contributed by atoms with Crippen molar-refractivity contribution in [3.8, 4) is 0 Å². The Balaban J connectivity index is 3.50. The number of carbonyl (C=O) groups excluding carboxylic acids is 1. The molecule has 1 unspecified atom stereocenters. The lowest BCUT2D eigenvalue weighted by Crippen LogP contribution is -2.15. The zero-order valence-corrected chi connectivity index (χ0v) is 14.2. The fourth-order valence-electron chi connectivity index (χ4n) is 1.87. The second-order valence-corrected chi connectivity index (χ2v) is 6.69. The van der Waals surface area contributed by atoms with Gasteiger partial charge in [-0.1, -0.05) is 33.1 Å². The number of hydrogen-bond acceptors (Lipinski definition) is 3. The first-order valence-corrected chi connectivity index (χ1v) is 9.20. The predicted octanol–water partition coefficient (Wildman–Crippen LogP) is 5.45. The van der Waals surface area contributed by atoms with Crippen LogP contribution in [0.25, 0.3) is 0 Å². The molecule has 0 aromatic heterocycles. The molecule has 0 spiro atoms. The lowest BCUT2D eigenvalue weighted by Gasteiger charge is -2.14. The van der Waals surface area contributed by atoms with Crippen molar-refractivity contribution < 1.29 is 18.3 Å². The molecule has 0 amide bonds. The molecule has 0 radical (unpaired) electrons. The van der Waals surface area contributed by atoms with E-state index in [1.54, 1.807) is 0 Å². The van der Waals surface area contributed by atoms with Crippen LogP contribution in [0.2, 0.25) is 0 Å². The lowest BCUT2D eigenvalue weighted by atomic mass is 10.2. The van der Waals surface area contributed by atoms with Gasteiger partial charge in [0.15, 0.2) is 0 Å². The summed E-state index contributed by atoms with van der Waals surface area (Å²) in [7, 11) is 0. The van der Waals surface area contributed by atoms with E-state index in [0.29, 0.717) is 24.7 Å². The maximum atomic E-state index is 11.9. The van der Waals surface area contributed by atoms with E-state index in [2.05, 4.69) is 13.8 Å². The molecule has 0 aliphatic carbocycles. The highest BCUT2D eigenvalue weighted by molar-refractivity contribution is 7.99. The Morgan fingerprint density at radius 2 is 1.81 bits per heavy atom. The van der Waals surface area contributed by atoms with Crippen molar-refractivity contribution in [1.82, 2.24) is 0 Å². The van der Waals surface area contributed by atoms with Gasteiger partial charge in [0, 0.05) is 18.1 Å². The molecule has 0 aliphatic heterocycles. The van der Waals surface area contributed by atoms with E-state index in [4.69, 9.17) is 4.74 Å². The monoisotopic (exact) mass is 324 g/mol. The van der Waals surface area contributed by atoms with Gasteiger partial charge in [-0.15, -0.1) is 0 Å². The minimum absolute atomic E-state index is 0.0262. The molecule has 2 nitrogen and oxygen atoms in total. The summed E-state index contributed by atoms with van der Waals surface area (Å²) in [6.07, 6.45) is 4.82. The first-order chi connectivity index (χ1) is 10.1. The fourth-order valence-corrected chi connectivity index (χ4v) is 2.97. The van der Waals surface area contributed by atoms with Gasteiger partial charge < -0.3 is 4.74 Å². The Labute approximate surface area is 132 Å². The van der Waals surface area contributed by atoms with E-state index in [1.807, 2.05) is 11.8 Å². The summed E-state index contributed by atoms with van der Waals surface area (Å²) < 4.78 is 29.2. The standard InChI is InChI=1S/C16H30F2O2S/c1-3-5-11-16(19)20-13-14(4-2)21-12-9-7-6-8-10-15(17)18/h14-15H,3-13H2,1-2H3. The summed E-state index contributed by atoms with van der Waals surface area (Å²) in [6.45, 7) is 4.65. The second kappa shape index (κ2) is 14.6. The van der Waals surface area contributed by atoms with Gasteiger partial charge in [0.1, 0.15) is 6.61 Å². The zero-order valence-electron chi connectivity index (χ0n) is 13.4. The number of hydrogen-bond donors (Lipinski definition) is 0. The number of esters is 1. The summed E-state index contributed by atoms with van der Waals surface area (Å²) in [5, 5.41) is 0.358. The van der Waals surface area contributed by atoms with Crippen molar-refractivity contribution in [2.24, 2.45) is 0 Å². The van der Waals surface area contributed by atoms with Gasteiger partial charge in [0.2, 0.25) is 6.43 Å². The van der Waals surface area contributed by atoms with Crippen LogP contribution in [0.15, 0.2) is 0 Å². The molecular formula is C16H30F2O2S. The van der Waals surface area contributed by atoms with Crippen molar-refractivity contribution >= 4 is 17.7 Å². The third-order valence-electron chi connectivity index (χ3n) is 3.29. The van der Waals surface area contributed by atoms with E-state index < -0.39 is 6.43 Å². The van der Waals surface area contributed by atoms with Crippen LogP contribution in [-0.4, -0.2) is 30.0 Å². The normalized spacial score (nSPS) is 12.6. The fraction of sp³-hybridized carbons (Fsp3) is 0.938. The van der Waals surface area contributed by atoms with Gasteiger partial charge in [-0.25, -0.2) is 8.78 Å². The molecule has 0 N–H and O–H groups in total. The smallest absolute Gasteiger partial charge is 0.305 e. The van der Waals surface area contributed by atoms with Crippen LogP contribution in [-0.2, 0) is 9.53 Å². The Kier molecular flexibility index (Phi) is 14.4. The van der Waals surface area contributed by atoms with Crippen molar-refractivity contribution in [1.29, 1.82) is 0 Å². The number of ether oxygens (including phenoxy) is 1. The largest absolute Gasteiger partial charge is 0.464 e. The van der Waals surface area contributed by atoms with E-state index in [-0.39, 0.29) is 12.4 Å². The Bertz CT molecular complexity index is 250. The number of thioether (sulfide) groups is 1. The highest BCUT2D eigenvalue weighted by Gasteiger charge is 2.10. The minimum atomic E-state index is -2.16. The Morgan fingerprint density at radius 3 is 2.43 bits per heavy atom. The predicted molar refractivity (Wildman–Crippen MR) is 86.1 cm³/mol. The number of unbranched alkanes of at least 4 members (excludes halogenated alkanes) is 4. The molecule has 0 bridgehead atoms. The van der Waals surface area contributed by atoms with E-state index >= 15 is 0 Å². The average molecular weight is 324 g/mol. The van der Waals surface area contributed by atoms with Crippen LogP contribution in [0.1, 0.15) is 71.6 Å². The number of alkyl halides is 2. The topological polar surface area (TPSA) is 26.3 Å². The van der Waals surface area contributed by atoms with Gasteiger partial charge in [-0.3, -0.25) is 4.79 Å². The number of rotatable bonds is 14. The van der Waals surface area contributed by atoms with Gasteiger partial charge in [0.05, 0.1) is 0 Å². The average Bonchev–Trinajstić information content (AvgIpc) is 2.46. The quantitative estimate of drug-likeness (QED) is 0.314. The van der Waals surface area contributed by atoms with Gasteiger partial charge >= 0.3 is 5.97 Å². The molecular weight excluding hydrogens is 294 g/mol. The molecule has 0 heterocycles. The van der Waals surface area contributed by atoms with E-state index in [0.717, 1.165) is 44.3 Å². The molecule has 0 aromatic rings. The molecule has 126 valence electrons. The first kappa shape index (κ1) is 20.7. The Morgan fingerprint density at radius 1 is 1.10 bits per heavy atom. The minimum Gasteiger partial charge on any atom is -0.464 e. The van der Waals surface area contributed by atoms with Crippen molar-refractivity contribution in [2.75, 3.05) is 12.4 Å². The molecule has 0 saturated heterocycles. The summed E-state index contributed by atoms with van der Waals surface area (Å²) in [5.41, 5.74) is 0. The van der Waals surface area contributed by atoms with Crippen LogP contribution in [0.5, 0.6) is 0 Å². The molecule has 0 fully saturated rings. The molecule has 21 heavy (non-hydrogen) atoms. The maximum absolute atomic E-state index is 11.9. The van der Waals surface area contributed by atoms with E-state index in [9.17, 15) is 13.6 Å². The summed E-state index contributed by atoms with van der Waals surface area (Å²) in [6, 6.07) is 0. The SMILES string of the molecule is CCCCC(=O)OCC(CC)SCCCCCCC(F)F. The van der Waals surface area contributed by atoms with Crippen LogP contribution in [0.3, 0.4) is 0 Å². The zero-order chi connectivity index (χ0) is 15.9. The molecule has 0 rings (SSSR count). The van der Waals surface area contributed by atoms with Crippen LogP contribution < -0.4 is 0 Å². The van der Waals surface area contributed by atoms with Gasteiger partial charge in [-0.2, -0.15) is 11.8 Å². The molecule has 0 saturated carbocycles. The second-order valence-electron chi connectivity index (χ2n) is 5.28. The van der Waals surface area contributed by atoms with Gasteiger partial charge in [-0.05, 0) is 31.4 Å². The van der Waals surface area contributed by atoms with Crippen LogP contribution in [0, 0.1) is 0 Å². The molecule has 1 atom stereocenters. The van der Waals surface area contributed by atoms with Crippen molar-refractivity contribution in [3.05, 3.63) is 0 Å². The highest BCUT2D eigenvalue weighted by atomic mass is 32.2. The Hall–Kier alpha value is -0.320. The summed E-state index contributed by atoms with van der Waals surface area (Å²) >= 11 is 1.83. The van der Waals surface area contributed by atoms with Crippen LogP contribution >= 0.6 is 11.8 Å². The van der Waals surface area contributed by atoms with E-state index in [1.165, 1.54) is 0 Å². The number of halogens is 2. The molecule has 0 aromatic carbocycles. The molecule has 0 aliphatic rings. The third-order valence-corrected chi connectivity index (χ3v) is 4.76.